The molecular formula is C26H24F3N3O2S. The fraction of sp³-hybridized carbons (Fsp3) is 0.346. The number of aromatic nitrogens is 2. The number of alkyl halides is 3. The number of hydrogen-bond donors (Lipinski definition) is 1. The molecule has 1 N–H and O–H groups in total. The van der Waals surface area contributed by atoms with Gasteiger partial charge in [0.05, 0.1) is 11.6 Å². The molecule has 3 heterocycles. The Labute approximate surface area is 205 Å². The first kappa shape index (κ1) is 23.8. The maximum atomic E-state index is 13.0. The quantitative estimate of drug-likeness (QED) is 0.429. The van der Waals surface area contributed by atoms with Crippen molar-refractivity contribution in [2.24, 2.45) is 5.92 Å². The summed E-state index contributed by atoms with van der Waals surface area (Å²) in [5.74, 6) is -0.128. The Balaban J connectivity index is 1.45. The van der Waals surface area contributed by atoms with Gasteiger partial charge in [-0.2, -0.15) is 13.2 Å². The number of pyridine rings is 2. The van der Waals surface area contributed by atoms with E-state index in [1.54, 1.807) is 17.8 Å². The number of amides is 1. The van der Waals surface area contributed by atoms with Gasteiger partial charge in [-0.25, -0.2) is 4.98 Å². The summed E-state index contributed by atoms with van der Waals surface area (Å²) in [5, 5.41) is 3.65. The van der Waals surface area contributed by atoms with Crippen LogP contribution in [0, 0.1) is 12.8 Å². The summed E-state index contributed by atoms with van der Waals surface area (Å²) in [7, 11) is 0. The molecule has 5 nitrogen and oxygen atoms in total. The van der Waals surface area contributed by atoms with Crippen molar-refractivity contribution in [2.75, 3.05) is 24.8 Å². The lowest BCUT2D eigenvalue weighted by Crippen LogP contribution is -2.22. The Morgan fingerprint density at radius 3 is 2.77 bits per heavy atom. The lowest BCUT2D eigenvalue weighted by atomic mass is 9.91. The average Bonchev–Trinajstić information content (AvgIpc) is 3.61. The fourth-order valence-electron chi connectivity index (χ4n) is 4.79. The van der Waals surface area contributed by atoms with Gasteiger partial charge in [0.15, 0.2) is 0 Å². The molecule has 2 unspecified atom stereocenters. The van der Waals surface area contributed by atoms with Gasteiger partial charge in [0.1, 0.15) is 5.69 Å². The summed E-state index contributed by atoms with van der Waals surface area (Å²) in [6.45, 7) is 3.50. The molecule has 1 amide bonds. The molecule has 2 aromatic heterocycles. The van der Waals surface area contributed by atoms with E-state index in [9.17, 15) is 18.0 Å². The number of carbonyl (C=O) groups is 1. The molecule has 0 bridgehead atoms. The molecule has 2 aliphatic rings. The number of aryl methyl sites for hydroxylation is 1. The van der Waals surface area contributed by atoms with Gasteiger partial charge in [-0.3, -0.25) is 9.78 Å². The number of fused-ring (bicyclic) bond motifs is 1. The summed E-state index contributed by atoms with van der Waals surface area (Å²) < 4.78 is 44.6. The van der Waals surface area contributed by atoms with E-state index in [0.29, 0.717) is 11.6 Å². The Kier molecular flexibility index (Phi) is 6.09. The van der Waals surface area contributed by atoms with Crippen molar-refractivity contribution in [1.29, 1.82) is 0 Å². The Morgan fingerprint density at radius 1 is 1.20 bits per heavy atom. The van der Waals surface area contributed by atoms with Crippen LogP contribution in [0.15, 0.2) is 53.7 Å². The van der Waals surface area contributed by atoms with Crippen molar-refractivity contribution in [3.63, 3.8) is 0 Å². The SMILES string of the molecule is CSc1cc(-c2cc(NC(=O)c3ccnc(C(F)(F)F)c3)ccc2C)cc(C23CCOCC2C3)n1. The predicted molar refractivity (Wildman–Crippen MR) is 129 cm³/mol. The highest BCUT2D eigenvalue weighted by molar-refractivity contribution is 7.98. The van der Waals surface area contributed by atoms with Crippen LogP contribution < -0.4 is 5.32 Å². The lowest BCUT2D eigenvalue weighted by Gasteiger charge is -2.23. The molecule has 9 heteroatoms. The largest absolute Gasteiger partial charge is 0.433 e. The minimum atomic E-state index is -4.62. The van der Waals surface area contributed by atoms with E-state index in [1.165, 1.54) is 6.07 Å². The molecule has 1 aromatic carbocycles. The molecular weight excluding hydrogens is 475 g/mol. The van der Waals surface area contributed by atoms with E-state index in [0.717, 1.165) is 65.7 Å². The van der Waals surface area contributed by atoms with Crippen LogP contribution in [-0.4, -0.2) is 35.3 Å². The number of benzene rings is 1. The first-order valence-corrected chi connectivity index (χ1v) is 12.5. The van der Waals surface area contributed by atoms with Gasteiger partial charge >= 0.3 is 6.18 Å². The third-order valence-electron chi connectivity index (χ3n) is 6.88. The highest BCUT2D eigenvalue weighted by atomic mass is 32.2. The number of anilines is 1. The third-order valence-corrected chi connectivity index (χ3v) is 7.51. The average molecular weight is 500 g/mol. The molecule has 1 saturated heterocycles. The van der Waals surface area contributed by atoms with Crippen molar-refractivity contribution in [3.05, 3.63) is 71.2 Å². The Bertz CT molecular complexity index is 1300. The first-order valence-electron chi connectivity index (χ1n) is 11.3. The number of nitrogens with zero attached hydrogens (tertiary/aromatic N) is 2. The van der Waals surface area contributed by atoms with Gasteiger partial charge in [-0.1, -0.05) is 6.07 Å². The van der Waals surface area contributed by atoms with E-state index < -0.39 is 17.8 Å². The smallest absolute Gasteiger partial charge is 0.381 e. The number of carbonyl (C=O) groups excluding carboxylic acids is 1. The van der Waals surface area contributed by atoms with E-state index in [2.05, 4.69) is 16.4 Å². The predicted octanol–water partition coefficient (Wildman–Crippen LogP) is 6.12. The highest BCUT2D eigenvalue weighted by Crippen LogP contribution is 2.58. The highest BCUT2D eigenvalue weighted by Gasteiger charge is 2.57. The van der Waals surface area contributed by atoms with E-state index >= 15 is 0 Å². The second-order valence-corrected chi connectivity index (χ2v) is 9.90. The number of hydrogen-bond acceptors (Lipinski definition) is 5. The van der Waals surface area contributed by atoms with Crippen LogP contribution >= 0.6 is 11.8 Å². The molecule has 1 saturated carbocycles. The maximum Gasteiger partial charge on any atom is 0.433 e. The maximum absolute atomic E-state index is 13.0. The van der Waals surface area contributed by atoms with Crippen molar-refractivity contribution in [1.82, 2.24) is 9.97 Å². The molecule has 5 rings (SSSR count). The third kappa shape index (κ3) is 4.67. The van der Waals surface area contributed by atoms with Crippen LogP contribution in [0.25, 0.3) is 11.1 Å². The van der Waals surface area contributed by atoms with Crippen molar-refractivity contribution < 1.29 is 22.7 Å². The van der Waals surface area contributed by atoms with Gasteiger partial charge < -0.3 is 10.1 Å². The van der Waals surface area contributed by atoms with Crippen molar-refractivity contribution in [2.45, 2.75) is 36.4 Å². The standard InChI is InChI=1S/C26H24F3N3O2S/c1-15-3-4-19(31-24(33)16-5-7-30-22(9-16)26(27,28)29)12-20(15)17-10-21(32-23(11-17)35-2)25-6-8-34-14-18(25)13-25/h3-5,7,9-12,18H,6,8,13-14H2,1-2H3,(H,31,33). The molecule has 1 aliphatic heterocycles. The van der Waals surface area contributed by atoms with Crippen LogP contribution in [0.4, 0.5) is 18.9 Å². The van der Waals surface area contributed by atoms with E-state index in [1.807, 2.05) is 31.4 Å². The second-order valence-electron chi connectivity index (χ2n) is 9.08. The van der Waals surface area contributed by atoms with Gasteiger partial charge in [-0.05, 0) is 85.0 Å². The zero-order valence-electron chi connectivity index (χ0n) is 19.3. The monoisotopic (exact) mass is 499 g/mol. The molecule has 2 fully saturated rings. The number of ether oxygens (including phenoxy) is 1. The molecule has 1 aliphatic carbocycles. The number of nitrogens with one attached hydrogen (secondary N) is 1. The van der Waals surface area contributed by atoms with Crippen LogP contribution in [0.3, 0.4) is 0 Å². The Hall–Kier alpha value is -2.91. The van der Waals surface area contributed by atoms with E-state index in [-0.39, 0.29) is 11.0 Å². The molecule has 2 atom stereocenters. The lowest BCUT2D eigenvalue weighted by molar-refractivity contribution is -0.141. The molecule has 182 valence electrons. The minimum absolute atomic E-state index is 0.0794. The number of rotatable bonds is 5. The van der Waals surface area contributed by atoms with Crippen LogP contribution in [0.1, 0.15) is 40.2 Å². The molecule has 35 heavy (non-hydrogen) atoms. The summed E-state index contributed by atoms with van der Waals surface area (Å²) in [4.78, 5) is 20.9. The van der Waals surface area contributed by atoms with Gasteiger partial charge in [0, 0.05) is 35.2 Å². The van der Waals surface area contributed by atoms with Gasteiger partial charge in [0.25, 0.3) is 5.91 Å². The summed E-state index contributed by atoms with van der Waals surface area (Å²) in [6.07, 6.45) is 0.407. The normalized spacial score (nSPS) is 21.3. The molecule has 0 spiro atoms. The zero-order chi connectivity index (χ0) is 24.8. The number of halogens is 3. The van der Waals surface area contributed by atoms with Gasteiger partial charge in [-0.15, -0.1) is 11.8 Å². The van der Waals surface area contributed by atoms with E-state index in [4.69, 9.17) is 9.72 Å². The summed E-state index contributed by atoms with van der Waals surface area (Å²) in [6, 6.07) is 11.7. The minimum Gasteiger partial charge on any atom is -0.381 e. The zero-order valence-corrected chi connectivity index (χ0v) is 20.1. The van der Waals surface area contributed by atoms with Crippen molar-refractivity contribution >= 4 is 23.4 Å². The van der Waals surface area contributed by atoms with Crippen LogP contribution in [0.2, 0.25) is 0 Å². The second kappa shape index (κ2) is 8.95. The fourth-order valence-corrected chi connectivity index (χ4v) is 5.22. The summed E-state index contributed by atoms with van der Waals surface area (Å²) >= 11 is 1.58. The number of thioether (sulfide) groups is 1. The molecule has 3 aromatic rings. The Morgan fingerprint density at radius 2 is 2.03 bits per heavy atom. The van der Waals surface area contributed by atoms with Gasteiger partial charge in [0.2, 0.25) is 0 Å². The molecule has 0 radical (unpaired) electrons. The first-order chi connectivity index (χ1) is 16.7. The van der Waals surface area contributed by atoms with Crippen LogP contribution in [0.5, 0.6) is 0 Å². The van der Waals surface area contributed by atoms with Crippen LogP contribution in [-0.2, 0) is 16.3 Å². The van der Waals surface area contributed by atoms with Crippen molar-refractivity contribution in [3.8, 4) is 11.1 Å². The summed E-state index contributed by atoms with van der Waals surface area (Å²) in [5.41, 5.74) is 3.41. The topological polar surface area (TPSA) is 64.1 Å².